The summed E-state index contributed by atoms with van der Waals surface area (Å²) in [7, 11) is 0. The predicted octanol–water partition coefficient (Wildman–Crippen LogP) is 2.16. The Balaban J connectivity index is 3.02. The minimum Gasteiger partial charge on any atom is -0.410 e. The molecule has 0 aliphatic heterocycles. The van der Waals surface area contributed by atoms with Gasteiger partial charge in [0.25, 0.3) is 5.69 Å². The average molecular weight is 215 g/mol. The van der Waals surface area contributed by atoms with Crippen LogP contribution in [0.2, 0.25) is 0 Å². The average Bonchev–Trinajstić information content (AvgIpc) is 2.18. The topological polar surface area (TPSA) is 75.7 Å². The lowest BCUT2D eigenvalue weighted by Crippen LogP contribution is -1.99. The van der Waals surface area contributed by atoms with E-state index in [0.717, 1.165) is 0 Å². The van der Waals surface area contributed by atoms with Crippen LogP contribution in [0.1, 0.15) is 5.56 Å². The second-order valence-corrected chi connectivity index (χ2v) is 2.98. The van der Waals surface area contributed by atoms with E-state index < -0.39 is 4.92 Å². The quantitative estimate of drug-likeness (QED) is 0.363. The van der Waals surface area contributed by atoms with E-state index in [2.05, 4.69) is 5.16 Å². The maximum atomic E-state index is 10.6. The first-order valence-electron chi connectivity index (χ1n) is 3.74. The van der Waals surface area contributed by atoms with Crippen molar-refractivity contribution in [2.24, 2.45) is 5.16 Å². The van der Waals surface area contributed by atoms with Crippen LogP contribution in [0.4, 0.5) is 5.69 Å². The maximum Gasteiger partial charge on any atom is 0.273 e. The number of hydrogen-bond acceptors (Lipinski definition) is 4. The van der Waals surface area contributed by atoms with Gasteiger partial charge in [-0.1, -0.05) is 35.0 Å². The molecule has 14 heavy (non-hydrogen) atoms. The van der Waals surface area contributed by atoms with Crippen molar-refractivity contribution < 1.29 is 10.1 Å². The Labute approximate surface area is 84.8 Å². The highest BCUT2D eigenvalue weighted by atomic mass is 35.5. The number of oxime groups is 1. The molecule has 0 amide bonds. The Bertz CT molecular complexity index is 379. The van der Waals surface area contributed by atoms with Gasteiger partial charge in [-0.2, -0.15) is 0 Å². The molecule has 0 fully saturated rings. The Kier molecular flexibility index (Phi) is 3.41. The third-order valence-corrected chi connectivity index (χ3v) is 1.84. The summed E-state index contributed by atoms with van der Waals surface area (Å²) >= 11 is 5.45. The first-order valence-corrected chi connectivity index (χ1v) is 4.11. The highest BCUT2D eigenvalue weighted by Gasteiger charge is 2.13. The number of nitro benzene ring substituents is 1. The van der Waals surface area contributed by atoms with E-state index in [-0.39, 0.29) is 17.3 Å². The lowest BCUT2D eigenvalue weighted by molar-refractivity contribution is -0.385. The molecule has 0 bridgehead atoms. The van der Waals surface area contributed by atoms with E-state index in [1.165, 1.54) is 6.07 Å². The Morgan fingerprint density at radius 2 is 2.21 bits per heavy atom. The van der Waals surface area contributed by atoms with Crippen molar-refractivity contribution in [1.82, 2.24) is 0 Å². The number of hydrogen-bond donors (Lipinski definition) is 1. The molecule has 0 saturated carbocycles. The fourth-order valence-corrected chi connectivity index (χ4v) is 1.17. The van der Waals surface area contributed by atoms with Gasteiger partial charge in [0.05, 0.1) is 4.92 Å². The summed E-state index contributed by atoms with van der Waals surface area (Å²) in [6.45, 7) is 0. The van der Waals surface area contributed by atoms with Crippen LogP contribution in [0.3, 0.4) is 0 Å². The highest BCUT2D eigenvalue weighted by Crippen LogP contribution is 2.18. The second kappa shape index (κ2) is 4.57. The van der Waals surface area contributed by atoms with Gasteiger partial charge < -0.3 is 5.21 Å². The molecule has 74 valence electrons. The molecule has 0 aliphatic rings. The van der Waals surface area contributed by atoms with Crippen LogP contribution in [0, 0.1) is 10.1 Å². The van der Waals surface area contributed by atoms with Gasteiger partial charge in [0.2, 0.25) is 0 Å². The van der Waals surface area contributed by atoms with E-state index in [0.29, 0.717) is 5.56 Å². The van der Waals surface area contributed by atoms with Gasteiger partial charge in [-0.15, -0.1) is 0 Å². The number of rotatable bonds is 3. The predicted molar refractivity (Wildman–Crippen MR) is 51.9 cm³/mol. The number of para-hydroxylation sites is 1. The summed E-state index contributed by atoms with van der Waals surface area (Å²) in [5, 5.41) is 21.5. The molecular formula is C8H7ClN2O3. The van der Waals surface area contributed by atoms with Gasteiger partial charge in [0.1, 0.15) is 5.17 Å². The maximum absolute atomic E-state index is 10.6. The molecule has 1 aromatic rings. The Morgan fingerprint density at radius 1 is 1.57 bits per heavy atom. The van der Waals surface area contributed by atoms with E-state index >= 15 is 0 Å². The van der Waals surface area contributed by atoms with Crippen LogP contribution < -0.4 is 0 Å². The SMILES string of the molecule is O=[N+]([O-])c1ccccc1C/C(Cl)=N/O. The molecule has 1 aromatic carbocycles. The van der Waals surface area contributed by atoms with Crippen LogP contribution in [0.15, 0.2) is 29.4 Å². The standard InChI is InChI=1S/C8H7ClN2O3/c9-8(10-12)5-6-3-1-2-4-7(6)11(13)14/h1-4,12H,5H2/b10-8-. The summed E-state index contributed by atoms with van der Waals surface area (Å²) in [4.78, 5) is 10.0. The van der Waals surface area contributed by atoms with Crippen molar-refractivity contribution in [2.45, 2.75) is 6.42 Å². The van der Waals surface area contributed by atoms with E-state index in [4.69, 9.17) is 16.8 Å². The minimum atomic E-state index is -0.503. The van der Waals surface area contributed by atoms with Crippen molar-refractivity contribution in [3.63, 3.8) is 0 Å². The van der Waals surface area contributed by atoms with Crippen LogP contribution in [-0.2, 0) is 6.42 Å². The molecule has 0 atom stereocenters. The molecule has 0 saturated heterocycles. The zero-order valence-corrected chi connectivity index (χ0v) is 7.81. The summed E-state index contributed by atoms with van der Waals surface area (Å²) in [6.07, 6.45) is 0.0508. The molecule has 5 nitrogen and oxygen atoms in total. The smallest absolute Gasteiger partial charge is 0.273 e. The normalized spacial score (nSPS) is 11.4. The third-order valence-electron chi connectivity index (χ3n) is 1.63. The number of benzene rings is 1. The molecular weight excluding hydrogens is 208 g/mol. The van der Waals surface area contributed by atoms with Crippen molar-refractivity contribution in [3.05, 3.63) is 39.9 Å². The fourth-order valence-electron chi connectivity index (χ4n) is 1.03. The van der Waals surface area contributed by atoms with Crippen LogP contribution in [0.5, 0.6) is 0 Å². The summed E-state index contributed by atoms with van der Waals surface area (Å²) in [5.74, 6) is 0. The van der Waals surface area contributed by atoms with Crippen LogP contribution >= 0.6 is 11.6 Å². The zero-order valence-electron chi connectivity index (χ0n) is 7.05. The van der Waals surface area contributed by atoms with Crippen LogP contribution in [0.25, 0.3) is 0 Å². The Hall–Kier alpha value is -1.62. The largest absolute Gasteiger partial charge is 0.410 e. The summed E-state index contributed by atoms with van der Waals surface area (Å²) in [5.41, 5.74) is 0.384. The van der Waals surface area contributed by atoms with E-state index in [1.54, 1.807) is 18.2 Å². The molecule has 0 radical (unpaired) electrons. The van der Waals surface area contributed by atoms with Crippen molar-refractivity contribution in [2.75, 3.05) is 0 Å². The molecule has 0 aromatic heterocycles. The van der Waals surface area contributed by atoms with Gasteiger partial charge in [-0.05, 0) is 0 Å². The molecule has 1 rings (SSSR count). The molecule has 0 spiro atoms. The second-order valence-electron chi connectivity index (χ2n) is 2.54. The van der Waals surface area contributed by atoms with Crippen molar-refractivity contribution in [1.29, 1.82) is 0 Å². The van der Waals surface area contributed by atoms with E-state index in [1.807, 2.05) is 0 Å². The molecule has 0 aliphatic carbocycles. The first-order chi connectivity index (χ1) is 6.65. The van der Waals surface area contributed by atoms with Crippen molar-refractivity contribution >= 4 is 22.5 Å². The van der Waals surface area contributed by atoms with Gasteiger partial charge >= 0.3 is 0 Å². The van der Waals surface area contributed by atoms with Crippen molar-refractivity contribution in [3.8, 4) is 0 Å². The molecule has 0 heterocycles. The number of nitrogens with zero attached hydrogens (tertiary/aromatic N) is 2. The summed E-state index contributed by atoms with van der Waals surface area (Å²) in [6, 6.07) is 6.15. The lowest BCUT2D eigenvalue weighted by atomic mass is 10.1. The zero-order chi connectivity index (χ0) is 10.6. The Morgan fingerprint density at radius 3 is 2.79 bits per heavy atom. The third kappa shape index (κ3) is 2.43. The fraction of sp³-hybridized carbons (Fsp3) is 0.125. The molecule has 1 N–H and O–H groups in total. The summed E-state index contributed by atoms with van der Waals surface area (Å²) < 4.78 is 0. The first kappa shape index (κ1) is 10.5. The number of halogens is 1. The van der Waals surface area contributed by atoms with Gasteiger partial charge in [-0.25, -0.2) is 0 Å². The van der Waals surface area contributed by atoms with Gasteiger partial charge in [-0.3, -0.25) is 10.1 Å². The molecule has 0 unspecified atom stereocenters. The number of nitro groups is 1. The lowest BCUT2D eigenvalue weighted by Gasteiger charge is -1.99. The molecule has 6 heteroatoms. The minimum absolute atomic E-state index is 0.0331. The monoisotopic (exact) mass is 214 g/mol. The van der Waals surface area contributed by atoms with Gasteiger partial charge in [0, 0.05) is 18.1 Å². The van der Waals surface area contributed by atoms with E-state index in [9.17, 15) is 10.1 Å². The van der Waals surface area contributed by atoms with Gasteiger partial charge in [0.15, 0.2) is 0 Å². The van der Waals surface area contributed by atoms with Crippen LogP contribution in [-0.4, -0.2) is 15.3 Å². The highest BCUT2D eigenvalue weighted by molar-refractivity contribution is 6.65.